The van der Waals surface area contributed by atoms with Gasteiger partial charge in [0.15, 0.2) is 5.78 Å². The number of amides is 1. The number of alkyl halides is 3. The van der Waals surface area contributed by atoms with Crippen LogP contribution in [-0.2, 0) is 4.79 Å². The number of hydrogen-bond acceptors (Lipinski definition) is 7. The minimum absolute atomic E-state index is 0.0143. The van der Waals surface area contributed by atoms with Crippen LogP contribution in [0.25, 0.3) is 0 Å². The SMILES string of the molecule is N#CC1=C(SCC(=O)N(c2ccccc2)c2ccccc2)N[C@](O)(C(F)(F)F)[C@@H](C(=O)c2cccs2)[C@@H]1c1ccccc1Cl. The van der Waals surface area contributed by atoms with Crippen molar-refractivity contribution in [3.63, 3.8) is 0 Å². The van der Waals surface area contributed by atoms with Gasteiger partial charge in [0.1, 0.15) is 0 Å². The molecule has 0 spiro atoms. The molecule has 1 aliphatic rings. The molecule has 224 valence electrons. The summed E-state index contributed by atoms with van der Waals surface area (Å²) in [6.07, 6.45) is -5.37. The lowest BCUT2D eigenvalue weighted by molar-refractivity contribution is -0.285. The maximum atomic E-state index is 14.9. The van der Waals surface area contributed by atoms with Crippen molar-refractivity contribution in [3.05, 3.63) is 129 Å². The van der Waals surface area contributed by atoms with Gasteiger partial charge in [0, 0.05) is 22.3 Å². The van der Waals surface area contributed by atoms with Gasteiger partial charge in [0.25, 0.3) is 0 Å². The molecule has 12 heteroatoms. The summed E-state index contributed by atoms with van der Waals surface area (Å²) in [6, 6.07) is 28.1. The number of nitriles is 1. The summed E-state index contributed by atoms with van der Waals surface area (Å²) in [4.78, 5) is 28.8. The predicted octanol–water partition coefficient (Wildman–Crippen LogP) is 7.67. The molecule has 2 heterocycles. The highest BCUT2D eigenvalue weighted by Crippen LogP contribution is 2.52. The number of aliphatic hydroxyl groups is 1. The van der Waals surface area contributed by atoms with Crippen LogP contribution in [0.1, 0.15) is 21.2 Å². The van der Waals surface area contributed by atoms with Crippen LogP contribution >= 0.6 is 34.7 Å². The molecule has 0 saturated heterocycles. The summed E-state index contributed by atoms with van der Waals surface area (Å²) in [5, 5.41) is 25.0. The van der Waals surface area contributed by atoms with E-state index in [-0.39, 0.29) is 26.1 Å². The first-order chi connectivity index (χ1) is 21.1. The van der Waals surface area contributed by atoms with Crippen LogP contribution in [-0.4, -0.2) is 34.5 Å². The van der Waals surface area contributed by atoms with Gasteiger partial charge in [0.2, 0.25) is 11.6 Å². The molecule has 5 rings (SSSR count). The average Bonchev–Trinajstić information content (AvgIpc) is 3.56. The third-order valence-electron chi connectivity index (χ3n) is 7.10. The van der Waals surface area contributed by atoms with Crippen LogP contribution in [0.2, 0.25) is 5.02 Å². The first kappa shape index (κ1) is 31.3. The normalized spacial score (nSPS) is 20.0. The van der Waals surface area contributed by atoms with Gasteiger partial charge in [-0.1, -0.05) is 84.0 Å². The van der Waals surface area contributed by atoms with Crippen molar-refractivity contribution in [2.24, 2.45) is 5.92 Å². The van der Waals surface area contributed by atoms with Crippen molar-refractivity contribution in [2.75, 3.05) is 10.7 Å². The first-order valence-corrected chi connectivity index (χ1v) is 15.4. The van der Waals surface area contributed by atoms with E-state index in [2.05, 4.69) is 5.32 Å². The number of anilines is 2. The summed E-state index contributed by atoms with van der Waals surface area (Å²) >= 11 is 7.99. The summed E-state index contributed by atoms with van der Waals surface area (Å²) in [5.74, 6) is -5.72. The van der Waals surface area contributed by atoms with Crippen molar-refractivity contribution in [1.29, 1.82) is 5.26 Å². The highest BCUT2D eigenvalue weighted by atomic mass is 35.5. The maximum Gasteiger partial charge on any atom is 0.437 e. The number of hydrogen-bond donors (Lipinski definition) is 2. The van der Waals surface area contributed by atoms with E-state index >= 15 is 0 Å². The minimum Gasteiger partial charge on any atom is -0.363 e. The van der Waals surface area contributed by atoms with Gasteiger partial charge in [-0.2, -0.15) is 18.4 Å². The number of para-hydroxylation sites is 2. The van der Waals surface area contributed by atoms with E-state index in [1.807, 2.05) is 6.07 Å². The molecule has 3 atom stereocenters. The number of carbonyl (C=O) groups excluding carboxylic acids is 2. The molecule has 0 bridgehead atoms. The molecule has 3 aromatic carbocycles. The van der Waals surface area contributed by atoms with Gasteiger partial charge in [-0.15, -0.1) is 11.3 Å². The van der Waals surface area contributed by atoms with Gasteiger partial charge < -0.3 is 10.4 Å². The van der Waals surface area contributed by atoms with E-state index in [1.54, 1.807) is 66.7 Å². The second-order valence-corrected chi connectivity index (χ2v) is 12.1. The van der Waals surface area contributed by atoms with Crippen LogP contribution in [0.3, 0.4) is 0 Å². The molecule has 2 N–H and O–H groups in total. The lowest BCUT2D eigenvalue weighted by Crippen LogP contribution is -2.66. The van der Waals surface area contributed by atoms with Crippen molar-refractivity contribution >= 4 is 57.8 Å². The van der Waals surface area contributed by atoms with Gasteiger partial charge >= 0.3 is 6.18 Å². The second-order valence-electron chi connectivity index (χ2n) is 9.75. The Hall–Kier alpha value is -4.08. The van der Waals surface area contributed by atoms with Crippen molar-refractivity contribution < 1.29 is 27.9 Å². The number of nitrogens with one attached hydrogen (secondary N) is 1. The quantitative estimate of drug-likeness (QED) is 0.190. The largest absolute Gasteiger partial charge is 0.437 e. The topological polar surface area (TPSA) is 93.4 Å². The van der Waals surface area contributed by atoms with E-state index in [0.29, 0.717) is 23.1 Å². The van der Waals surface area contributed by atoms with Gasteiger partial charge in [-0.05, 0) is 47.3 Å². The maximum absolute atomic E-state index is 14.9. The molecule has 0 fully saturated rings. The minimum atomic E-state index is -5.37. The lowest BCUT2D eigenvalue weighted by Gasteiger charge is -2.45. The van der Waals surface area contributed by atoms with Gasteiger partial charge in [-0.3, -0.25) is 14.5 Å². The summed E-state index contributed by atoms with van der Waals surface area (Å²) < 4.78 is 44.6. The Bertz CT molecular complexity index is 1690. The fourth-order valence-electron chi connectivity index (χ4n) is 5.11. The Morgan fingerprint density at radius 2 is 1.57 bits per heavy atom. The number of ketones is 1. The zero-order valence-corrected chi connectivity index (χ0v) is 25.1. The Morgan fingerprint density at radius 1 is 0.977 bits per heavy atom. The van der Waals surface area contributed by atoms with Crippen LogP contribution < -0.4 is 10.2 Å². The molecule has 0 aliphatic carbocycles. The molecule has 1 amide bonds. The Kier molecular flexibility index (Phi) is 9.18. The van der Waals surface area contributed by atoms with E-state index < -0.39 is 41.2 Å². The van der Waals surface area contributed by atoms with Crippen molar-refractivity contribution in [2.45, 2.75) is 17.8 Å². The second kappa shape index (κ2) is 12.9. The Labute approximate surface area is 264 Å². The lowest BCUT2D eigenvalue weighted by atomic mass is 9.70. The standard InChI is InChI=1S/C32H23ClF3N3O3S2/c33-24-15-8-7-14-22(24)27-23(18-37)30(38-31(42,32(34,35)36)28(27)29(41)25-16-9-17-43-25)44-19-26(40)39(20-10-3-1-4-11-20)21-12-5-2-6-13-21/h1-17,27-28,38,42H,19H2/t27-,28-,31-/m1/s1. The number of carbonyl (C=O) groups is 2. The average molecular weight is 654 g/mol. The van der Waals surface area contributed by atoms with Crippen LogP contribution in [0.5, 0.6) is 0 Å². The number of rotatable bonds is 8. The van der Waals surface area contributed by atoms with Crippen LogP contribution in [0.15, 0.2) is 113 Å². The molecule has 1 aliphatic heterocycles. The number of Topliss-reactive ketones (excluding diaryl/α,β-unsaturated/α-hetero) is 1. The van der Waals surface area contributed by atoms with E-state index in [4.69, 9.17) is 11.6 Å². The van der Waals surface area contributed by atoms with E-state index in [1.165, 1.54) is 40.6 Å². The monoisotopic (exact) mass is 653 g/mol. The summed E-state index contributed by atoms with van der Waals surface area (Å²) in [6.45, 7) is 0. The number of allylic oxidation sites excluding steroid dienone is 1. The Balaban J connectivity index is 1.61. The fourth-order valence-corrected chi connectivity index (χ4v) is 7.02. The molecule has 6 nitrogen and oxygen atoms in total. The molecular weight excluding hydrogens is 631 g/mol. The summed E-state index contributed by atoms with van der Waals surface area (Å²) in [5.41, 5.74) is -2.95. The summed E-state index contributed by atoms with van der Waals surface area (Å²) in [7, 11) is 0. The predicted molar refractivity (Wildman–Crippen MR) is 166 cm³/mol. The van der Waals surface area contributed by atoms with Gasteiger partial charge in [0.05, 0.1) is 33.2 Å². The zero-order valence-electron chi connectivity index (χ0n) is 22.7. The number of thioether (sulfide) groups is 1. The number of halogens is 4. The molecule has 0 unspecified atom stereocenters. The highest BCUT2D eigenvalue weighted by molar-refractivity contribution is 8.03. The van der Waals surface area contributed by atoms with Crippen molar-refractivity contribution in [1.82, 2.24) is 5.32 Å². The third kappa shape index (κ3) is 5.99. The van der Waals surface area contributed by atoms with Gasteiger partial charge in [-0.25, -0.2) is 0 Å². The van der Waals surface area contributed by atoms with Crippen LogP contribution in [0, 0.1) is 17.2 Å². The number of benzene rings is 3. The molecular formula is C32H23ClF3N3O3S2. The van der Waals surface area contributed by atoms with E-state index in [9.17, 15) is 33.1 Å². The number of thiophene rings is 1. The molecule has 1 aromatic heterocycles. The first-order valence-electron chi connectivity index (χ1n) is 13.2. The molecule has 4 aromatic rings. The highest BCUT2D eigenvalue weighted by Gasteiger charge is 2.66. The van der Waals surface area contributed by atoms with E-state index in [0.717, 1.165) is 11.3 Å². The molecule has 0 radical (unpaired) electrons. The molecule has 0 saturated carbocycles. The third-order valence-corrected chi connectivity index (χ3v) is 9.33. The fraction of sp³-hybridized carbons (Fsp3) is 0.156. The van der Waals surface area contributed by atoms with Crippen LogP contribution in [0.4, 0.5) is 24.5 Å². The van der Waals surface area contributed by atoms with Crippen molar-refractivity contribution in [3.8, 4) is 6.07 Å². The zero-order chi connectivity index (χ0) is 31.5. The Morgan fingerprint density at radius 3 is 2.09 bits per heavy atom. The number of nitrogens with zero attached hydrogens (tertiary/aromatic N) is 2. The molecule has 44 heavy (non-hydrogen) atoms. The smallest absolute Gasteiger partial charge is 0.363 e.